The summed E-state index contributed by atoms with van der Waals surface area (Å²) in [7, 11) is 0. The minimum atomic E-state index is -0.254. The van der Waals surface area contributed by atoms with Gasteiger partial charge in [-0.05, 0) is 36.8 Å². The van der Waals surface area contributed by atoms with Crippen molar-refractivity contribution < 1.29 is 5.11 Å². The second-order valence-corrected chi connectivity index (χ2v) is 5.82. The Morgan fingerprint density at radius 1 is 1.00 bits per heavy atom. The van der Waals surface area contributed by atoms with Gasteiger partial charge in [-0.2, -0.15) is 10.2 Å². The Morgan fingerprint density at radius 3 is 2.39 bits per heavy atom. The van der Waals surface area contributed by atoms with Crippen LogP contribution in [0.5, 0.6) is 0 Å². The van der Waals surface area contributed by atoms with Gasteiger partial charge in [-0.1, -0.05) is 35.3 Å². The van der Waals surface area contributed by atoms with Crippen LogP contribution >= 0.6 is 23.2 Å². The van der Waals surface area contributed by atoms with E-state index in [1.807, 2.05) is 19.1 Å². The van der Waals surface area contributed by atoms with Crippen molar-refractivity contribution in [3.05, 3.63) is 64.0 Å². The summed E-state index contributed by atoms with van der Waals surface area (Å²) in [4.78, 5) is 4.37. The van der Waals surface area contributed by atoms with Gasteiger partial charge < -0.3 is 5.11 Å². The molecule has 23 heavy (non-hydrogen) atoms. The number of hydrogen-bond donors (Lipinski definition) is 1. The highest BCUT2D eigenvalue weighted by Gasteiger charge is 2.20. The molecule has 4 nitrogen and oxygen atoms in total. The second kappa shape index (κ2) is 6.62. The van der Waals surface area contributed by atoms with Gasteiger partial charge in [-0.15, -0.1) is 0 Å². The van der Waals surface area contributed by atoms with Gasteiger partial charge in [-0.25, -0.2) is 0 Å². The van der Waals surface area contributed by atoms with E-state index in [-0.39, 0.29) is 6.61 Å². The maximum atomic E-state index is 9.68. The molecule has 116 valence electrons. The first kappa shape index (κ1) is 15.9. The van der Waals surface area contributed by atoms with Gasteiger partial charge in [0, 0.05) is 22.3 Å². The van der Waals surface area contributed by atoms with Gasteiger partial charge in [0.2, 0.25) is 0 Å². The van der Waals surface area contributed by atoms with E-state index in [1.165, 1.54) is 0 Å². The number of aliphatic hydroxyl groups is 1. The van der Waals surface area contributed by atoms with Gasteiger partial charge in [0.1, 0.15) is 0 Å². The van der Waals surface area contributed by atoms with Gasteiger partial charge in [0.15, 0.2) is 0 Å². The zero-order valence-electron chi connectivity index (χ0n) is 12.3. The Hall–Kier alpha value is -2.01. The molecule has 0 amide bonds. The number of hydrogen-bond acceptors (Lipinski definition) is 4. The van der Waals surface area contributed by atoms with Crippen molar-refractivity contribution in [1.29, 1.82) is 0 Å². The fourth-order valence-electron chi connectivity index (χ4n) is 2.47. The van der Waals surface area contributed by atoms with Gasteiger partial charge >= 0.3 is 0 Å². The first-order valence-electron chi connectivity index (χ1n) is 6.95. The molecule has 0 fully saturated rings. The second-order valence-electron chi connectivity index (χ2n) is 4.98. The van der Waals surface area contributed by atoms with E-state index < -0.39 is 0 Å². The van der Waals surface area contributed by atoms with E-state index in [4.69, 9.17) is 23.2 Å². The summed E-state index contributed by atoms with van der Waals surface area (Å²) in [6.07, 6.45) is 1.66. The summed E-state index contributed by atoms with van der Waals surface area (Å²) in [6, 6.07) is 10.9. The third kappa shape index (κ3) is 3.06. The highest BCUT2D eigenvalue weighted by Crippen LogP contribution is 2.38. The predicted molar refractivity (Wildman–Crippen MR) is 91.4 cm³/mol. The largest absolute Gasteiger partial charge is 0.390 e. The SMILES string of the molecule is Cc1nnc(CO)c(-c2ncccc2Cl)c1-c1ccc(Cl)cc1. The Bertz CT molecular complexity index is 851. The molecule has 0 bridgehead atoms. The Morgan fingerprint density at radius 2 is 1.74 bits per heavy atom. The Balaban J connectivity index is 2.35. The first-order valence-corrected chi connectivity index (χ1v) is 7.71. The molecule has 0 unspecified atom stereocenters. The maximum absolute atomic E-state index is 9.68. The van der Waals surface area contributed by atoms with Crippen molar-refractivity contribution in [3.63, 3.8) is 0 Å². The summed E-state index contributed by atoms with van der Waals surface area (Å²) >= 11 is 12.3. The van der Waals surface area contributed by atoms with Crippen LogP contribution in [0, 0.1) is 6.92 Å². The van der Waals surface area contributed by atoms with Crippen molar-refractivity contribution in [2.24, 2.45) is 0 Å². The molecule has 3 rings (SSSR count). The molecule has 0 spiro atoms. The van der Waals surface area contributed by atoms with Crippen molar-refractivity contribution in [3.8, 4) is 22.4 Å². The van der Waals surface area contributed by atoms with E-state index in [0.29, 0.717) is 27.0 Å². The molecule has 6 heteroatoms. The van der Waals surface area contributed by atoms with E-state index in [1.54, 1.807) is 30.5 Å². The zero-order valence-corrected chi connectivity index (χ0v) is 13.8. The van der Waals surface area contributed by atoms with Gasteiger partial charge in [0.25, 0.3) is 0 Å². The van der Waals surface area contributed by atoms with Gasteiger partial charge in [-0.3, -0.25) is 4.98 Å². The third-order valence-electron chi connectivity index (χ3n) is 3.50. The van der Waals surface area contributed by atoms with Crippen LogP contribution in [0.4, 0.5) is 0 Å². The summed E-state index contributed by atoms with van der Waals surface area (Å²) in [5.41, 5.74) is 4.16. The van der Waals surface area contributed by atoms with E-state index in [0.717, 1.165) is 16.8 Å². The smallest absolute Gasteiger partial charge is 0.0986 e. The summed E-state index contributed by atoms with van der Waals surface area (Å²) in [5, 5.41) is 19.1. The van der Waals surface area contributed by atoms with Crippen LogP contribution in [0.15, 0.2) is 42.6 Å². The van der Waals surface area contributed by atoms with E-state index in [9.17, 15) is 5.11 Å². The lowest BCUT2D eigenvalue weighted by Crippen LogP contribution is -2.04. The van der Waals surface area contributed by atoms with E-state index in [2.05, 4.69) is 15.2 Å². The topological polar surface area (TPSA) is 58.9 Å². The highest BCUT2D eigenvalue weighted by atomic mass is 35.5. The lowest BCUT2D eigenvalue weighted by molar-refractivity contribution is 0.276. The minimum absolute atomic E-state index is 0.254. The third-order valence-corrected chi connectivity index (χ3v) is 4.06. The van der Waals surface area contributed by atoms with Crippen LogP contribution < -0.4 is 0 Å². The maximum Gasteiger partial charge on any atom is 0.0986 e. The fourth-order valence-corrected chi connectivity index (χ4v) is 2.81. The molecule has 2 aromatic heterocycles. The van der Waals surface area contributed by atoms with Crippen molar-refractivity contribution >= 4 is 23.2 Å². The standard InChI is InChI=1S/C17H13Cl2N3O/c1-10-15(11-4-6-12(18)7-5-11)16(14(9-23)22-21-10)17-13(19)3-2-8-20-17/h2-8,23H,9H2,1H3. The highest BCUT2D eigenvalue weighted by molar-refractivity contribution is 6.33. The number of halogens is 2. The molecule has 0 aliphatic carbocycles. The monoisotopic (exact) mass is 345 g/mol. The molecule has 0 aliphatic rings. The lowest BCUT2D eigenvalue weighted by atomic mass is 9.95. The summed E-state index contributed by atoms with van der Waals surface area (Å²) in [6.45, 7) is 1.61. The number of rotatable bonds is 3. The number of pyridine rings is 1. The van der Waals surface area contributed by atoms with Crippen LogP contribution in [0.25, 0.3) is 22.4 Å². The molecular weight excluding hydrogens is 333 g/mol. The van der Waals surface area contributed by atoms with Crippen LogP contribution in [0.3, 0.4) is 0 Å². The molecule has 1 aromatic carbocycles. The molecule has 3 aromatic rings. The number of aryl methyl sites for hydroxylation is 1. The van der Waals surface area contributed by atoms with E-state index >= 15 is 0 Å². The predicted octanol–water partition coefficient (Wildman–Crippen LogP) is 4.31. The normalized spacial score (nSPS) is 10.8. The quantitative estimate of drug-likeness (QED) is 0.768. The number of benzene rings is 1. The summed E-state index contributed by atoms with van der Waals surface area (Å²) < 4.78 is 0. The zero-order chi connectivity index (χ0) is 16.4. The molecule has 2 heterocycles. The molecule has 0 saturated carbocycles. The van der Waals surface area contributed by atoms with Crippen molar-refractivity contribution in [2.75, 3.05) is 0 Å². The lowest BCUT2D eigenvalue weighted by Gasteiger charge is -2.15. The minimum Gasteiger partial charge on any atom is -0.390 e. The molecular formula is C17H13Cl2N3O. The van der Waals surface area contributed by atoms with Crippen LogP contribution in [-0.2, 0) is 6.61 Å². The number of nitrogens with zero attached hydrogens (tertiary/aromatic N) is 3. The molecule has 0 aliphatic heterocycles. The van der Waals surface area contributed by atoms with Crippen molar-refractivity contribution in [1.82, 2.24) is 15.2 Å². The molecule has 0 radical (unpaired) electrons. The molecule has 0 saturated heterocycles. The average molecular weight is 346 g/mol. The number of aromatic nitrogens is 3. The fraction of sp³-hybridized carbons (Fsp3) is 0.118. The Labute approximate surface area is 143 Å². The van der Waals surface area contributed by atoms with Crippen molar-refractivity contribution in [2.45, 2.75) is 13.5 Å². The Kier molecular flexibility index (Phi) is 4.57. The molecule has 1 N–H and O–H groups in total. The number of aliphatic hydroxyl groups excluding tert-OH is 1. The van der Waals surface area contributed by atoms with Crippen LogP contribution in [0.1, 0.15) is 11.4 Å². The summed E-state index contributed by atoms with van der Waals surface area (Å²) in [5.74, 6) is 0. The average Bonchev–Trinajstić information content (AvgIpc) is 2.56. The van der Waals surface area contributed by atoms with Crippen LogP contribution in [0.2, 0.25) is 10.0 Å². The van der Waals surface area contributed by atoms with Crippen LogP contribution in [-0.4, -0.2) is 20.3 Å². The van der Waals surface area contributed by atoms with Gasteiger partial charge in [0.05, 0.1) is 28.7 Å². The first-order chi connectivity index (χ1) is 11.1. The molecule has 0 atom stereocenters.